The van der Waals surface area contributed by atoms with Crippen molar-refractivity contribution >= 4 is 17.5 Å². The summed E-state index contributed by atoms with van der Waals surface area (Å²) < 4.78 is 5.31. The molecular formula is C17H21N5O2. The Kier molecular flexibility index (Phi) is 4.50. The normalized spacial score (nSPS) is 14.6. The van der Waals surface area contributed by atoms with Gasteiger partial charge in [-0.15, -0.1) is 0 Å². The molecule has 1 amide bonds. The van der Waals surface area contributed by atoms with E-state index >= 15 is 0 Å². The van der Waals surface area contributed by atoms with Crippen LogP contribution in [-0.4, -0.2) is 54.1 Å². The summed E-state index contributed by atoms with van der Waals surface area (Å²) in [6.45, 7) is 4.60. The third kappa shape index (κ3) is 3.10. The summed E-state index contributed by atoms with van der Waals surface area (Å²) in [7, 11) is 1.55. The van der Waals surface area contributed by atoms with Crippen molar-refractivity contribution in [1.82, 2.24) is 14.9 Å². The molecule has 1 aliphatic heterocycles. The van der Waals surface area contributed by atoms with E-state index in [0.29, 0.717) is 43.6 Å². The van der Waals surface area contributed by atoms with Crippen LogP contribution < -0.4 is 15.4 Å². The lowest BCUT2D eigenvalue weighted by Crippen LogP contribution is -2.49. The fourth-order valence-electron chi connectivity index (χ4n) is 2.80. The number of rotatable bonds is 3. The maximum absolute atomic E-state index is 12.6. The van der Waals surface area contributed by atoms with Crippen molar-refractivity contribution in [1.29, 1.82) is 0 Å². The number of benzene rings is 1. The molecular weight excluding hydrogens is 306 g/mol. The second-order valence-electron chi connectivity index (χ2n) is 5.76. The first-order valence-corrected chi connectivity index (χ1v) is 7.85. The van der Waals surface area contributed by atoms with Gasteiger partial charge in [0.25, 0.3) is 5.91 Å². The Morgan fingerprint density at radius 2 is 1.79 bits per heavy atom. The van der Waals surface area contributed by atoms with Crippen molar-refractivity contribution in [2.24, 2.45) is 0 Å². The van der Waals surface area contributed by atoms with Crippen LogP contribution in [0.3, 0.4) is 0 Å². The zero-order valence-corrected chi connectivity index (χ0v) is 13.9. The van der Waals surface area contributed by atoms with E-state index < -0.39 is 0 Å². The average Bonchev–Trinajstić information content (AvgIpc) is 2.62. The van der Waals surface area contributed by atoms with Crippen LogP contribution >= 0.6 is 0 Å². The predicted octanol–water partition coefficient (Wildman–Crippen LogP) is 1.34. The Labute approximate surface area is 141 Å². The zero-order chi connectivity index (χ0) is 17.1. The number of amides is 1. The number of anilines is 2. The van der Waals surface area contributed by atoms with Crippen LogP contribution in [0.5, 0.6) is 5.75 Å². The second-order valence-corrected chi connectivity index (χ2v) is 5.76. The molecule has 7 nitrogen and oxygen atoms in total. The zero-order valence-electron chi connectivity index (χ0n) is 13.9. The highest BCUT2D eigenvalue weighted by Crippen LogP contribution is 2.30. The van der Waals surface area contributed by atoms with Gasteiger partial charge in [0, 0.05) is 31.7 Å². The molecule has 1 aromatic heterocycles. The minimum atomic E-state index is 0.0591. The van der Waals surface area contributed by atoms with Gasteiger partial charge in [-0.05, 0) is 19.1 Å². The molecule has 0 unspecified atom stereocenters. The van der Waals surface area contributed by atoms with Gasteiger partial charge < -0.3 is 20.3 Å². The smallest absolute Gasteiger partial charge is 0.253 e. The lowest BCUT2D eigenvalue weighted by atomic mass is 10.1. The Hall–Kier alpha value is -2.83. The summed E-state index contributed by atoms with van der Waals surface area (Å²) in [4.78, 5) is 24.7. The van der Waals surface area contributed by atoms with Crippen molar-refractivity contribution < 1.29 is 9.53 Å². The molecule has 0 radical (unpaired) electrons. The minimum Gasteiger partial charge on any atom is -0.490 e. The van der Waals surface area contributed by atoms with Crippen LogP contribution in [0.4, 0.5) is 11.6 Å². The number of nitrogen functional groups attached to an aromatic ring is 1. The van der Waals surface area contributed by atoms with Gasteiger partial charge >= 0.3 is 0 Å². The van der Waals surface area contributed by atoms with Gasteiger partial charge in [-0.2, -0.15) is 0 Å². The van der Waals surface area contributed by atoms with Crippen molar-refractivity contribution in [3.05, 3.63) is 41.7 Å². The number of aromatic nitrogens is 2. The van der Waals surface area contributed by atoms with Crippen molar-refractivity contribution in [3.63, 3.8) is 0 Å². The summed E-state index contributed by atoms with van der Waals surface area (Å²) in [6, 6.07) is 7.66. The number of carbonyl (C=O) groups is 1. The van der Waals surface area contributed by atoms with Crippen LogP contribution in [0.25, 0.3) is 0 Å². The molecule has 0 bridgehead atoms. The second kappa shape index (κ2) is 6.74. The van der Waals surface area contributed by atoms with Gasteiger partial charge in [-0.25, -0.2) is 9.97 Å². The van der Waals surface area contributed by atoms with Crippen LogP contribution in [0.2, 0.25) is 0 Å². The maximum atomic E-state index is 12.6. The predicted molar refractivity (Wildman–Crippen MR) is 92.3 cm³/mol. The minimum absolute atomic E-state index is 0.0591. The lowest BCUT2D eigenvalue weighted by molar-refractivity contribution is 0.0746. The highest BCUT2D eigenvalue weighted by molar-refractivity contribution is 5.94. The first kappa shape index (κ1) is 16.0. The van der Waals surface area contributed by atoms with E-state index in [1.807, 2.05) is 36.1 Å². The topological polar surface area (TPSA) is 84.6 Å². The van der Waals surface area contributed by atoms with Crippen LogP contribution in [0, 0.1) is 6.92 Å². The van der Waals surface area contributed by atoms with Gasteiger partial charge in [-0.1, -0.05) is 17.7 Å². The fraction of sp³-hybridized carbons (Fsp3) is 0.353. The molecule has 126 valence electrons. The summed E-state index contributed by atoms with van der Waals surface area (Å²) in [5.41, 5.74) is 7.70. The van der Waals surface area contributed by atoms with Crippen molar-refractivity contribution in [3.8, 4) is 5.75 Å². The van der Waals surface area contributed by atoms with E-state index in [4.69, 9.17) is 10.5 Å². The van der Waals surface area contributed by atoms with Crippen molar-refractivity contribution in [2.75, 3.05) is 43.9 Å². The van der Waals surface area contributed by atoms with E-state index in [9.17, 15) is 4.79 Å². The van der Waals surface area contributed by atoms with Gasteiger partial charge in [0.15, 0.2) is 11.6 Å². The lowest BCUT2D eigenvalue weighted by Gasteiger charge is -2.35. The molecule has 2 heterocycles. The Morgan fingerprint density at radius 1 is 1.12 bits per heavy atom. The molecule has 1 aromatic carbocycles. The monoisotopic (exact) mass is 327 g/mol. The average molecular weight is 327 g/mol. The number of piperazine rings is 1. The molecule has 3 rings (SSSR count). The third-order valence-electron chi connectivity index (χ3n) is 4.18. The van der Waals surface area contributed by atoms with E-state index in [1.165, 1.54) is 6.33 Å². The Morgan fingerprint density at radius 3 is 2.42 bits per heavy atom. The molecule has 2 aromatic rings. The number of aryl methyl sites for hydroxylation is 1. The van der Waals surface area contributed by atoms with Crippen LogP contribution in [0.1, 0.15) is 15.9 Å². The quantitative estimate of drug-likeness (QED) is 0.916. The third-order valence-corrected chi connectivity index (χ3v) is 4.18. The summed E-state index contributed by atoms with van der Waals surface area (Å²) in [6.07, 6.45) is 1.43. The fourth-order valence-corrected chi connectivity index (χ4v) is 2.80. The number of methoxy groups -OCH3 is 1. The van der Waals surface area contributed by atoms with Crippen molar-refractivity contribution in [2.45, 2.75) is 6.92 Å². The SMILES string of the molecule is COc1c(N)ncnc1N1CCN(C(=O)c2ccc(C)cc2)CC1. The summed E-state index contributed by atoms with van der Waals surface area (Å²) in [5, 5.41) is 0. The highest BCUT2D eigenvalue weighted by Gasteiger charge is 2.25. The Balaban J connectivity index is 1.69. The largest absolute Gasteiger partial charge is 0.490 e. The van der Waals surface area contributed by atoms with Gasteiger partial charge in [0.2, 0.25) is 5.75 Å². The van der Waals surface area contributed by atoms with Gasteiger partial charge in [0.05, 0.1) is 7.11 Å². The summed E-state index contributed by atoms with van der Waals surface area (Å²) >= 11 is 0. The standard InChI is InChI=1S/C17H21N5O2/c1-12-3-5-13(6-4-12)17(23)22-9-7-21(8-10-22)16-14(24-2)15(18)19-11-20-16/h3-6,11H,7-10H2,1-2H3,(H2,18,19,20). The molecule has 1 aliphatic rings. The van der Waals surface area contributed by atoms with E-state index in [1.54, 1.807) is 7.11 Å². The molecule has 2 N–H and O–H groups in total. The van der Waals surface area contributed by atoms with E-state index in [-0.39, 0.29) is 5.91 Å². The van der Waals surface area contributed by atoms with E-state index in [0.717, 1.165) is 11.1 Å². The number of hydrogen-bond donors (Lipinski definition) is 1. The molecule has 0 saturated carbocycles. The molecule has 0 aliphatic carbocycles. The summed E-state index contributed by atoms with van der Waals surface area (Å²) in [5.74, 6) is 1.53. The Bertz CT molecular complexity index is 724. The number of carbonyl (C=O) groups excluding carboxylic acids is 1. The molecule has 1 saturated heterocycles. The van der Waals surface area contributed by atoms with Gasteiger partial charge in [0.1, 0.15) is 6.33 Å². The molecule has 1 fully saturated rings. The van der Waals surface area contributed by atoms with E-state index in [2.05, 4.69) is 14.9 Å². The first-order chi connectivity index (χ1) is 11.6. The van der Waals surface area contributed by atoms with Gasteiger partial charge in [-0.3, -0.25) is 4.79 Å². The maximum Gasteiger partial charge on any atom is 0.253 e. The number of hydrogen-bond acceptors (Lipinski definition) is 6. The number of nitrogens with two attached hydrogens (primary N) is 1. The molecule has 0 spiro atoms. The van der Waals surface area contributed by atoms with Crippen LogP contribution in [-0.2, 0) is 0 Å². The first-order valence-electron chi connectivity index (χ1n) is 7.85. The molecule has 7 heteroatoms. The van der Waals surface area contributed by atoms with Crippen LogP contribution in [0.15, 0.2) is 30.6 Å². The number of ether oxygens (including phenoxy) is 1. The molecule has 24 heavy (non-hydrogen) atoms. The molecule has 0 atom stereocenters. The highest BCUT2D eigenvalue weighted by atomic mass is 16.5. The number of nitrogens with zero attached hydrogens (tertiary/aromatic N) is 4.